The van der Waals surface area contributed by atoms with Gasteiger partial charge >= 0.3 is 0 Å². The van der Waals surface area contributed by atoms with Crippen LogP contribution in [0.3, 0.4) is 0 Å². The van der Waals surface area contributed by atoms with E-state index in [1.807, 2.05) is 13.0 Å². The van der Waals surface area contributed by atoms with Crippen LogP contribution in [-0.4, -0.2) is 21.6 Å². The van der Waals surface area contributed by atoms with Crippen molar-refractivity contribution in [1.82, 2.24) is 0 Å². The third-order valence-corrected chi connectivity index (χ3v) is 5.16. The van der Waals surface area contributed by atoms with E-state index in [1.165, 1.54) is 0 Å². The molecule has 1 N–H and O–H groups in total. The average molecular weight is 333 g/mol. The van der Waals surface area contributed by atoms with E-state index in [9.17, 15) is 8.42 Å². The highest BCUT2D eigenvalue weighted by atomic mass is 32.2. The van der Waals surface area contributed by atoms with Gasteiger partial charge in [-0.2, -0.15) is 0 Å². The van der Waals surface area contributed by atoms with Crippen molar-refractivity contribution >= 4 is 15.7 Å². The summed E-state index contributed by atoms with van der Waals surface area (Å²) in [6.07, 6.45) is 0.804. The summed E-state index contributed by atoms with van der Waals surface area (Å²) in [5.74, 6) is 1.19. The van der Waals surface area contributed by atoms with Crippen molar-refractivity contribution in [1.29, 1.82) is 0 Å². The quantitative estimate of drug-likeness (QED) is 0.936. The fourth-order valence-electron chi connectivity index (χ4n) is 2.54. The number of sulfonamides is 1. The standard InChI is InChI=1S/C17H19NO4S/c1-12-4-7-17(13(2)10-12)23(19,20)18-14-5-6-15-16(11-14)22-9-3-8-21-15/h4-7,10-11,18H,3,8-9H2,1-2H3. The van der Waals surface area contributed by atoms with Gasteiger partial charge in [0.2, 0.25) is 0 Å². The molecule has 3 rings (SSSR count). The Morgan fingerprint density at radius 3 is 2.43 bits per heavy atom. The number of hydrogen-bond donors (Lipinski definition) is 1. The monoisotopic (exact) mass is 333 g/mol. The number of rotatable bonds is 3. The molecule has 0 atom stereocenters. The second-order valence-electron chi connectivity index (χ2n) is 5.59. The molecule has 1 heterocycles. The largest absolute Gasteiger partial charge is 0.490 e. The van der Waals surface area contributed by atoms with E-state index >= 15 is 0 Å². The minimum absolute atomic E-state index is 0.273. The summed E-state index contributed by atoms with van der Waals surface area (Å²) in [7, 11) is -3.64. The molecular formula is C17H19NO4S. The number of fused-ring (bicyclic) bond motifs is 1. The predicted octanol–water partition coefficient (Wildman–Crippen LogP) is 3.27. The van der Waals surface area contributed by atoms with Crippen molar-refractivity contribution in [3.63, 3.8) is 0 Å². The third-order valence-electron chi connectivity index (χ3n) is 3.62. The van der Waals surface area contributed by atoms with Crippen LogP contribution in [0.5, 0.6) is 11.5 Å². The number of aryl methyl sites for hydroxylation is 2. The first-order chi connectivity index (χ1) is 11.0. The normalized spacial score (nSPS) is 14.2. The van der Waals surface area contributed by atoms with Crippen LogP contribution in [0, 0.1) is 13.8 Å². The number of hydrogen-bond acceptors (Lipinski definition) is 4. The molecule has 0 saturated carbocycles. The van der Waals surface area contributed by atoms with E-state index in [1.54, 1.807) is 37.3 Å². The van der Waals surface area contributed by atoms with Gasteiger partial charge in [-0.1, -0.05) is 17.7 Å². The summed E-state index contributed by atoms with van der Waals surface area (Å²) in [6, 6.07) is 10.3. The first-order valence-electron chi connectivity index (χ1n) is 7.45. The Balaban J connectivity index is 1.90. The molecule has 122 valence electrons. The van der Waals surface area contributed by atoms with Gasteiger partial charge in [0.25, 0.3) is 10.0 Å². The summed E-state index contributed by atoms with van der Waals surface area (Å²) < 4.78 is 38.9. The third kappa shape index (κ3) is 3.42. The van der Waals surface area contributed by atoms with Crippen LogP contribution in [0.4, 0.5) is 5.69 Å². The lowest BCUT2D eigenvalue weighted by atomic mass is 10.2. The molecule has 0 spiro atoms. The number of nitrogens with one attached hydrogen (secondary N) is 1. The fourth-order valence-corrected chi connectivity index (χ4v) is 3.81. The highest BCUT2D eigenvalue weighted by Crippen LogP contribution is 2.33. The molecule has 0 aromatic heterocycles. The van der Waals surface area contributed by atoms with Crippen LogP contribution in [0.1, 0.15) is 17.5 Å². The smallest absolute Gasteiger partial charge is 0.262 e. The summed E-state index contributed by atoms with van der Waals surface area (Å²) in [5.41, 5.74) is 2.19. The fraction of sp³-hybridized carbons (Fsp3) is 0.294. The zero-order valence-corrected chi connectivity index (χ0v) is 13.9. The highest BCUT2D eigenvalue weighted by molar-refractivity contribution is 7.92. The highest BCUT2D eigenvalue weighted by Gasteiger charge is 2.18. The molecule has 2 aromatic rings. The summed E-state index contributed by atoms with van der Waals surface area (Å²) in [6.45, 7) is 4.87. The summed E-state index contributed by atoms with van der Waals surface area (Å²) in [4.78, 5) is 0.273. The van der Waals surface area contributed by atoms with E-state index in [4.69, 9.17) is 9.47 Å². The molecule has 1 aliphatic heterocycles. The van der Waals surface area contributed by atoms with Crippen molar-refractivity contribution in [2.75, 3.05) is 17.9 Å². The van der Waals surface area contributed by atoms with E-state index < -0.39 is 10.0 Å². The van der Waals surface area contributed by atoms with Gasteiger partial charge < -0.3 is 9.47 Å². The van der Waals surface area contributed by atoms with Crippen LogP contribution >= 0.6 is 0 Å². The van der Waals surface area contributed by atoms with Gasteiger partial charge in [-0.25, -0.2) is 8.42 Å². The van der Waals surface area contributed by atoms with Crippen molar-refractivity contribution in [3.8, 4) is 11.5 Å². The zero-order valence-electron chi connectivity index (χ0n) is 13.1. The first kappa shape index (κ1) is 15.7. The second-order valence-corrected chi connectivity index (χ2v) is 7.24. The number of anilines is 1. The minimum Gasteiger partial charge on any atom is -0.490 e. The van der Waals surface area contributed by atoms with Crippen molar-refractivity contribution in [3.05, 3.63) is 47.5 Å². The molecule has 6 heteroatoms. The van der Waals surface area contributed by atoms with Gasteiger partial charge in [0.05, 0.1) is 23.8 Å². The topological polar surface area (TPSA) is 64.6 Å². The van der Waals surface area contributed by atoms with Crippen molar-refractivity contribution in [2.24, 2.45) is 0 Å². The average Bonchev–Trinajstić information content (AvgIpc) is 2.71. The number of ether oxygens (including phenoxy) is 2. The molecular weight excluding hydrogens is 314 g/mol. The molecule has 0 saturated heterocycles. The molecule has 0 radical (unpaired) electrons. The lowest BCUT2D eigenvalue weighted by molar-refractivity contribution is 0.297. The van der Waals surface area contributed by atoms with Gasteiger partial charge in [-0.15, -0.1) is 0 Å². The minimum atomic E-state index is -3.64. The SMILES string of the molecule is Cc1ccc(S(=O)(=O)Nc2ccc3c(c2)OCCCO3)c(C)c1. The lowest BCUT2D eigenvalue weighted by Gasteiger charge is -2.13. The lowest BCUT2D eigenvalue weighted by Crippen LogP contribution is -2.14. The van der Waals surface area contributed by atoms with Crippen LogP contribution in [0.15, 0.2) is 41.3 Å². The molecule has 0 aliphatic carbocycles. The van der Waals surface area contributed by atoms with Crippen LogP contribution in [-0.2, 0) is 10.0 Å². The van der Waals surface area contributed by atoms with Gasteiger partial charge in [0, 0.05) is 12.5 Å². The van der Waals surface area contributed by atoms with Crippen molar-refractivity contribution < 1.29 is 17.9 Å². The van der Waals surface area contributed by atoms with Gasteiger partial charge in [-0.3, -0.25) is 4.72 Å². The Kier molecular flexibility index (Phi) is 4.17. The van der Waals surface area contributed by atoms with E-state index in [0.29, 0.717) is 36.0 Å². The van der Waals surface area contributed by atoms with Gasteiger partial charge in [0.15, 0.2) is 11.5 Å². The number of benzene rings is 2. The Morgan fingerprint density at radius 1 is 0.957 bits per heavy atom. The van der Waals surface area contributed by atoms with Crippen molar-refractivity contribution in [2.45, 2.75) is 25.2 Å². The summed E-state index contributed by atoms with van der Waals surface area (Å²) >= 11 is 0. The second kappa shape index (κ2) is 6.12. The maximum absolute atomic E-state index is 12.6. The van der Waals surface area contributed by atoms with E-state index in [-0.39, 0.29) is 4.90 Å². The maximum Gasteiger partial charge on any atom is 0.262 e. The molecule has 2 aromatic carbocycles. The van der Waals surface area contributed by atoms with Crippen LogP contribution in [0.25, 0.3) is 0 Å². The van der Waals surface area contributed by atoms with Crippen LogP contribution in [0.2, 0.25) is 0 Å². The first-order valence-corrected chi connectivity index (χ1v) is 8.94. The maximum atomic E-state index is 12.6. The molecule has 0 bridgehead atoms. The summed E-state index contributed by atoms with van der Waals surface area (Å²) in [5, 5.41) is 0. The molecule has 5 nitrogen and oxygen atoms in total. The van der Waals surface area contributed by atoms with E-state index in [0.717, 1.165) is 12.0 Å². The molecule has 0 fully saturated rings. The Morgan fingerprint density at radius 2 is 1.70 bits per heavy atom. The predicted molar refractivity (Wildman–Crippen MR) is 88.8 cm³/mol. The zero-order chi connectivity index (χ0) is 16.4. The Bertz CT molecular complexity index is 830. The molecule has 0 amide bonds. The van der Waals surface area contributed by atoms with Gasteiger partial charge in [0.1, 0.15) is 0 Å². The Hall–Kier alpha value is -2.21. The molecule has 1 aliphatic rings. The van der Waals surface area contributed by atoms with Crippen LogP contribution < -0.4 is 14.2 Å². The van der Waals surface area contributed by atoms with Gasteiger partial charge in [-0.05, 0) is 37.6 Å². The Labute approximate surface area is 136 Å². The molecule has 0 unspecified atom stereocenters. The molecule has 23 heavy (non-hydrogen) atoms. The van der Waals surface area contributed by atoms with E-state index in [2.05, 4.69) is 4.72 Å².